The van der Waals surface area contributed by atoms with E-state index in [4.69, 9.17) is 9.52 Å². The van der Waals surface area contributed by atoms with E-state index in [0.29, 0.717) is 21.9 Å². The van der Waals surface area contributed by atoms with E-state index in [0.717, 1.165) is 0 Å². The number of pyridine rings is 1. The highest BCUT2D eigenvalue weighted by atomic mass is 79.9. The summed E-state index contributed by atoms with van der Waals surface area (Å²) in [6, 6.07) is 6.55. The molecule has 0 spiro atoms. The number of hydrogen-bond acceptors (Lipinski definition) is 4. The molecule has 0 fully saturated rings. The van der Waals surface area contributed by atoms with Crippen molar-refractivity contribution in [2.24, 2.45) is 0 Å². The highest BCUT2D eigenvalue weighted by Gasteiger charge is 2.11. The molecule has 0 aliphatic heterocycles. The second-order valence-corrected chi connectivity index (χ2v) is 4.35. The molecule has 0 amide bonds. The molecule has 7 heteroatoms. The minimum absolute atomic E-state index is 0.152. The molecule has 3 aromatic rings. The topological polar surface area (TPSA) is 80.6 Å². The van der Waals surface area contributed by atoms with Crippen LogP contribution in [0.4, 0.5) is 0 Å². The number of aromatic nitrogens is 3. The molecule has 0 aromatic carbocycles. The Bertz CT molecular complexity index is 747. The fourth-order valence-electron chi connectivity index (χ4n) is 1.55. The summed E-state index contributed by atoms with van der Waals surface area (Å²) in [6.07, 6.45) is 1.41. The first-order valence-corrected chi connectivity index (χ1v) is 5.78. The van der Waals surface area contributed by atoms with E-state index >= 15 is 0 Å². The van der Waals surface area contributed by atoms with Crippen molar-refractivity contribution in [2.75, 3.05) is 0 Å². The molecule has 0 radical (unpaired) electrons. The van der Waals surface area contributed by atoms with E-state index < -0.39 is 5.97 Å². The van der Waals surface area contributed by atoms with Gasteiger partial charge in [-0.3, -0.25) is 0 Å². The maximum Gasteiger partial charge on any atom is 0.337 e. The quantitative estimate of drug-likeness (QED) is 0.786. The van der Waals surface area contributed by atoms with Gasteiger partial charge in [-0.05, 0) is 40.2 Å². The van der Waals surface area contributed by atoms with Crippen LogP contribution in [0.1, 0.15) is 10.4 Å². The number of furan rings is 1. The van der Waals surface area contributed by atoms with Gasteiger partial charge in [0.2, 0.25) is 5.82 Å². The Labute approximate surface area is 109 Å². The third-order valence-electron chi connectivity index (χ3n) is 2.37. The van der Waals surface area contributed by atoms with Gasteiger partial charge >= 0.3 is 5.97 Å². The van der Waals surface area contributed by atoms with Crippen molar-refractivity contribution >= 4 is 27.5 Å². The molecule has 0 atom stereocenters. The molecule has 18 heavy (non-hydrogen) atoms. The number of rotatable bonds is 2. The summed E-state index contributed by atoms with van der Waals surface area (Å²) in [5, 5.41) is 13.1. The predicted molar refractivity (Wildman–Crippen MR) is 65.3 cm³/mol. The van der Waals surface area contributed by atoms with Gasteiger partial charge in [0, 0.05) is 6.20 Å². The first-order valence-electron chi connectivity index (χ1n) is 4.99. The van der Waals surface area contributed by atoms with Crippen LogP contribution in [-0.2, 0) is 0 Å². The van der Waals surface area contributed by atoms with Crippen molar-refractivity contribution in [3.05, 3.63) is 40.7 Å². The summed E-state index contributed by atoms with van der Waals surface area (Å²) < 4.78 is 7.34. The normalized spacial score (nSPS) is 10.9. The van der Waals surface area contributed by atoms with Crippen molar-refractivity contribution in [3.63, 3.8) is 0 Å². The average Bonchev–Trinajstić information content (AvgIpc) is 2.93. The Morgan fingerprint density at radius 3 is 2.83 bits per heavy atom. The first kappa shape index (κ1) is 11.0. The van der Waals surface area contributed by atoms with E-state index in [-0.39, 0.29) is 5.56 Å². The molecule has 0 bridgehead atoms. The smallest absolute Gasteiger partial charge is 0.337 e. The van der Waals surface area contributed by atoms with Gasteiger partial charge in [0.15, 0.2) is 16.1 Å². The van der Waals surface area contributed by atoms with E-state index in [2.05, 4.69) is 26.0 Å². The standard InChI is InChI=1S/C11H6BrN3O3/c12-8-3-2-7(18-8)10-13-9-4-1-6(11(16)17)5-15(9)14-10/h1-5H,(H,16,17). The first-order chi connectivity index (χ1) is 8.63. The lowest BCUT2D eigenvalue weighted by Crippen LogP contribution is -1.99. The highest BCUT2D eigenvalue weighted by Crippen LogP contribution is 2.22. The number of nitrogens with zero attached hydrogens (tertiary/aromatic N) is 3. The largest absolute Gasteiger partial charge is 0.478 e. The zero-order valence-electron chi connectivity index (χ0n) is 8.87. The van der Waals surface area contributed by atoms with E-state index in [1.54, 1.807) is 18.2 Å². The summed E-state index contributed by atoms with van der Waals surface area (Å²) in [5.74, 6) is -0.0830. The van der Waals surface area contributed by atoms with Gasteiger partial charge in [-0.1, -0.05) is 0 Å². The fraction of sp³-hybridized carbons (Fsp3) is 0. The van der Waals surface area contributed by atoms with Gasteiger partial charge in [-0.15, -0.1) is 5.10 Å². The van der Waals surface area contributed by atoms with Crippen molar-refractivity contribution < 1.29 is 14.3 Å². The lowest BCUT2D eigenvalue weighted by atomic mass is 10.3. The SMILES string of the molecule is O=C(O)c1ccc2nc(-c3ccc(Br)o3)nn2c1. The Kier molecular flexibility index (Phi) is 2.41. The summed E-state index contributed by atoms with van der Waals surface area (Å²) in [6.45, 7) is 0. The fourth-order valence-corrected chi connectivity index (χ4v) is 1.86. The number of hydrogen-bond donors (Lipinski definition) is 1. The molecule has 6 nitrogen and oxygen atoms in total. The number of aromatic carboxylic acids is 1. The molecule has 1 N–H and O–H groups in total. The van der Waals surface area contributed by atoms with Crippen LogP contribution < -0.4 is 0 Å². The summed E-state index contributed by atoms with van der Waals surface area (Å²) in [5.41, 5.74) is 0.710. The maximum absolute atomic E-state index is 10.8. The Morgan fingerprint density at radius 1 is 1.33 bits per heavy atom. The van der Waals surface area contributed by atoms with Gasteiger partial charge in [-0.2, -0.15) is 0 Å². The second-order valence-electron chi connectivity index (χ2n) is 3.56. The summed E-state index contributed by atoms with van der Waals surface area (Å²) >= 11 is 3.20. The van der Waals surface area contributed by atoms with Crippen molar-refractivity contribution in [1.29, 1.82) is 0 Å². The number of carboxylic acids is 1. The summed E-state index contributed by atoms with van der Waals surface area (Å²) in [4.78, 5) is 15.1. The van der Waals surface area contributed by atoms with Crippen LogP contribution in [0.15, 0.2) is 39.5 Å². The van der Waals surface area contributed by atoms with Crippen LogP contribution in [0, 0.1) is 0 Å². The molecule has 90 valence electrons. The van der Waals surface area contributed by atoms with Crippen molar-refractivity contribution in [3.8, 4) is 11.6 Å². The molecular formula is C11H6BrN3O3. The Morgan fingerprint density at radius 2 is 2.17 bits per heavy atom. The van der Waals surface area contributed by atoms with Crippen LogP contribution in [0.2, 0.25) is 0 Å². The number of carboxylic acid groups (broad SMARTS) is 1. The molecule has 0 unspecified atom stereocenters. The lowest BCUT2D eigenvalue weighted by molar-refractivity contribution is 0.0696. The molecule has 3 rings (SSSR count). The number of halogens is 1. The number of fused-ring (bicyclic) bond motifs is 1. The molecule has 3 heterocycles. The Hall–Kier alpha value is -2.15. The van der Waals surface area contributed by atoms with Crippen LogP contribution >= 0.6 is 15.9 Å². The second kappa shape index (κ2) is 3.95. The van der Waals surface area contributed by atoms with Gasteiger partial charge in [0.25, 0.3) is 0 Å². The molecular weight excluding hydrogens is 302 g/mol. The minimum atomic E-state index is -1.00. The lowest BCUT2D eigenvalue weighted by Gasteiger charge is -1.93. The Balaban J connectivity index is 2.13. The monoisotopic (exact) mass is 307 g/mol. The molecule has 0 aliphatic rings. The molecule has 0 saturated carbocycles. The van der Waals surface area contributed by atoms with Crippen molar-refractivity contribution in [2.45, 2.75) is 0 Å². The van der Waals surface area contributed by atoms with E-state index in [9.17, 15) is 4.79 Å². The van der Waals surface area contributed by atoms with Gasteiger partial charge < -0.3 is 9.52 Å². The van der Waals surface area contributed by atoms with Gasteiger partial charge in [-0.25, -0.2) is 14.3 Å². The van der Waals surface area contributed by atoms with Gasteiger partial charge in [0.05, 0.1) is 5.56 Å². The minimum Gasteiger partial charge on any atom is -0.478 e. The average molecular weight is 308 g/mol. The highest BCUT2D eigenvalue weighted by molar-refractivity contribution is 9.10. The number of carbonyl (C=O) groups is 1. The van der Waals surface area contributed by atoms with Crippen molar-refractivity contribution in [1.82, 2.24) is 14.6 Å². The molecule has 0 aliphatic carbocycles. The van der Waals surface area contributed by atoms with Crippen LogP contribution in [0.3, 0.4) is 0 Å². The van der Waals surface area contributed by atoms with E-state index in [1.165, 1.54) is 16.8 Å². The summed E-state index contributed by atoms with van der Waals surface area (Å²) in [7, 11) is 0. The predicted octanol–water partition coefficient (Wildman–Crippen LogP) is 2.45. The molecule has 3 aromatic heterocycles. The van der Waals surface area contributed by atoms with Crippen LogP contribution in [0.5, 0.6) is 0 Å². The third-order valence-corrected chi connectivity index (χ3v) is 2.80. The van der Waals surface area contributed by atoms with Crippen LogP contribution in [0.25, 0.3) is 17.2 Å². The zero-order valence-corrected chi connectivity index (χ0v) is 10.5. The van der Waals surface area contributed by atoms with Gasteiger partial charge in [0.1, 0.15) is 0 Å². The van der Waals surface area contributed by atoms with Crippen LogP contribution in [-0.4, -0.2) is 25.7 Å². The van der Waals surface area contributed by atoms with E-state index in [1.807, 2.05) is 0 Å². The third kappa shape index (κ3) is 1.78. The molecule has 0 saturated heterocycles. The maximum atomic E-state index is 10.8. The zero-order chi connectivity index (χ0) is 12.7.